The summed E-state index contributed by atoms with van der Waals surface area (Å²) in [6.45, 7) is 0. The summed E-state index contributed by atoms with van der Waals surface area (Å²) in [5.74, 6) is 1.52. The Kier molecular flexibility index (Phi) is 8.64. The molecule has 0 aliphatic carbocycles. The number of para-hydroxylation sites is 4. The van der Waals surface area contributed by atoms with E-state index in [2.05, 4.69) is 195 Å². The Morgan fingerprint density at radius 3 is 1.34 bits per heavy atom. The lowest BCUT2D eigenvalue weighted by Crippen LogP contribution is -2.37. The van der Waals surface area contributed by atoms with Crippen LogP contribution in [0.4, 0.5) is 22.7 Å². The van der Waals surface area contributed by atoms with Gasteiger partial charge in [-0.2, -0.15) is 9.85 Å². The van der Waals surface area contributed by atoms with Crippen LogP contribution in [0.15, 0.2) is 197 Å². The lowest BCUT2D eigenvalue weighted by Gasteiger charge is -2.48. The van der Waals surface area contributed by atoms with Gasteiger partial charge in [-0.25, -0.2) is 14.0 Å². The Labute approximate surface area is 295 Å². The normalized spacial score (nSPS) is 18.4. The number of hydrogen-bond acceptors (Lipinski definition) is 8. The molecule has 2 aliphatic rings. The number of anilines is 4. The van der Waals surface area contributed by atoms with Crippen LogP contribution in [0.1, 0.15) is 11.1 Å². The average molecular weight is 691 g/mol. The lowest BCUT2D eigenvalue weighted by atomic mass is 10.2. The molecular formula is C40H36N8P2. The summed E-state index contributed by atoms with van der Waals surface area (Å²) >= 11 is 0. The molecule has 2 unspecified atom stereocenters. The van der Waals surface area contributed by atoms with Crippen molar-refractivity contribution in [2.75, 3.05) is 23.4 Å². The minimum Gasteiger partial charge on any atom is -0.284 e. The van der Waals surface area contributed by atoms with Gasteiger partial charge in [0.15, 0.2) is 11.7 Å². The van der Waals surface area contributed by atoms with E-state index in [0.29, 0.717) is 5.84 Å². The van der Waals surface area contributed by atoms with Gasteiger partial charge in [0.25, 0.3) is 7.51 Å². The van der Waals surface area contributed by atoms with Crippen molar-refractivity contribution < 1.29 is 0 Å². The molecule has 2 heterocycles. The molecule has 50 heavy (non-hydrogen) atoms. The molecule has 2 aliphatic heterocycles. The van der Waals surface area contributed by atoms with Crippen molar-refractivity contribution in [1.82, 2.24) is 14.0 Å². The minimum atomic E-state index is -3.13. The monoisotopic (exact) mass is 690 g/mol. The first-order valence-electron chi connectivity index (χ1n) is 16.4. The largest absolute Gasteiger partial charge is 0.284 e. The maximum atomic E-state index is 5.86. The Bertz CT molecular complexity index is 2090. The molecule has 10 heteroatoms. The first-order valence-corrected chi connectivity index (χ1v) is 19.2. The van der Waals surface area contributed by atoms with E-state index >= 15 is 0 Å². The van der Waals surface area contributed by atoms with Gasteiger partial charge in [-0.3, -0.25) is 9.34 Å². The van der Waals surface area contributed by atoms with Crippen molar-refractivity contribution >= 4 is 50.3 Å². The van der Waals surface area contributed by atoms with Crippen LogP contribution in [0.5, 0.6) is 0 Å². The molecule has 8 nitrogen and oxygen atoms in total. The third-order valence-electron chi connectivity index (χ3n) is 8.48. The van der Waals surface area contributed by atoms with Crippen molar-refractivity contribution in [3.63, 3.8) is 0 Å². The summed E-state index contributed by atoms with van der Waals surface area (Å²) in [6.07, 6.45) is 0. The Morgan fingerprint density at radius 2 is 0.880 bits per heavy atom. The van der Waals surface area contributed by atoms with Crippen molar-refractivity contribution in [2.24, 2.45) is 14.9 Å². The highest BCUT2D eigenvalue weighted by atomic mass is 31.2. The van der Waals surface area contributed by atoms with Crippen LogP contribution in [0, 0.1) is 0 Å². The molecule has 6 aromatic carbocycles. The van der Waals surface area contributed by atoms with E-state index in [1.54, 1.807) is 0 Å². The van der Waals surface area contributed by atoms with Crippen molar-refractivity contribution in [3.8, 4) is 0 Å². The minimum absolute atomic E-state index is 0.682. The highest BCUT2D eigenvalue weighted by Crippen LogP contribution is 2.76. The molecule has 0 amide bonds. The van der Waals surface area contributed by atoms with Crippen LogP contribution in [0.25, 0.3) is 0 Å². The first kappa shape index (κ1) is 31.6. The number of nitrogens with zero attached hydrogens (tertiary/aromatic N) is 8. The zero-order valence-electron chi connectivity index (χ0n) is 27.8. The zero-order valence-corrected chi connectivity index (χ0v) is 29.6. The SMILES string of the molecule is CN1N=C(c2ccccc2)N(P2(N(c3ccccc3)c3ccccc3)=NC(c3ccccc3)=NN2C)P1N(c1ccccc1)c1ccccc1. The van der Waals surface area contributed by atoms with Crippen LogP contribution in [-0.2, 0) is 0 Å². The van der Waals surface area contributed by atoms with Crippen molar-refractivity contribution in [3.05, 3.63) is 193 Å². The van der Waals surface area contributed by atoms with Gasteiger partial charge in [0, 0.05) is 48.0 Å². The number of benzene rings is 6. The van der Waals surface area contributed by atoms with Gasteiger partial charge in [-0.1, -0.05) is 133 Å². The molecule has 0 saturated heterocycles. The van der Waals surface area contributed by atoms with Crippen LogP contribution >= 0.6 is 15.9 Å². The van der Waals surface area contributed by atoms with Crippen LogP contribution in [0.2, 0.25) is 0 Å². The van der Waals surface area contributed by atoms with E-state index in [0.717, 1.165) is 39.7 Å². The average Bonchev–Trinajstić information content (AvgIpc) is 3.71. The standard InChI is InChI=1S/C40H36N8P2/c1-44-42-40(34-23-11-4-12-24-34)48(49(44)46(35-25-13-5-14-26-35)36-27-15-6-16-28-36)50(43-39(41-45(50)2)33-21-9-3-10-22-33)47(37-29-17-7-18-30-37)38-31-19-8-20-32-38/h3-32H,1-2H3. The summed E-state index contributed by atoms with van der Waals surface area (Å²) in [5.41, 5.74) is 6.09. The number of rotatable bonds is 9. The molecule has 0 aromatic heterocycles. The van der Waals surface area contributed by atoms with E-state index in [1.807, 2.05) is 24.3 Å². The van der Waals surface area contributed by atoms with Crippen molar-refractivity contribution in [1.29, 1.82) is 0 Å². The van der Waals surface area contributed by atoms with Crippen LogP contribution in [0.3, 0.4) is 0 Å². The van der Waals surface area contributed by atoms with Crippen LogP contribution in [-0.4, -0.2) is 39.8 Å². The highest BCUT2D eigenvalue weighted by Gasteiger charge is 2.55. The predicted octanol–water partition coefficient (Wildman–Crippen LogP) is 10.8. The van der Waals surface area contributed by atoms with E-state index in [1.165, 1.54) is 0 Å². The second-order valence-corrected chi connectivity index (χ2v) is 16.6. The van der Waals surface area contributed by atoms with Gasteiger partial charge in [0.2, 0.25) is 8.37 Å². The summed E-state index contributed by atoms with van der Waals surface area (Å²) in [5, 5.41) is 10.7. The highest BCUT2D eigenvalue weighted by molar-refractivity contribution is 7.76. The fraction of sp³-hybridized carbons (Fsp3) is 0.0500. The van der Waals surface area contributed by atoms with Gasteiger partial charge < -0.3 is 0 Å². The Balaban J connectivity index is 1.47. The fourth-order valence-corrected chi connectivity index (χ4v) is 13.1. The van der Waals surface area contributed by atoms with E-state index in [-0.39, 0.29) is 0 Å². The van der Waals surface area contributed by atoms with Gasteiger partial charge in [-0.05, 0) is 48.5 Å². The molecule has 0 N–H and O–H groups in total. The molecule has 0 bridgehead atoms. The fourth-order valence-electron chi connectivity index (χ4n) is 6.26. The van der Waals surface area contributed by atoms with Gasteiger partial charge in [-0.15, -0.1) is 5.10 Å². The molecule has 8 rings (SSSR count). The summed E-state index contributed by atoms with van der Waals surface area (Å²) in [7, 11) is -0.433. The number of amidine groups is 2. The summed E-state index contributed by atoms with van der Waals surface area (Å²) < 4.78 is 17.4. The third kappa shape index (κ3) is 5.63. The number of hydrogen-bond donors (Lipinski definition) is 0. The summed E-state index contributed by atoms with van der Waals surface area (Å²) in [4.78, 5) is 0. The van der Waals surface area contributed by atoms with Gasteiger partial charge in [0.05, 0.1) is 0 Å². The second-order valence-electron chi connectivity index (χ2n) is 11.7. The number of hydrazone groups is 2. The van der Waals surface area contributed by atoms with E-state index in [4.69, 9.17) is 14.9 Å². The molecule has 0 saturated carbocycles. The second kappa shape index (κ2) is 13.7. The lowest BCUT2D eigenvalue weighted by molar-refractivity contribution is 0.572. The Hall–Kier alpha value is -5.68. The molecule has 6 aromatic rings. The van der Waals surface area contributed by atoms with E-state index < -0.39 is 15.9 Å². The maximum Gasteiger partial charge on any atom is 0.277 e. The molecule has 246 valence electrons. The molecule has 0 radical (unpaired) electrons. The third-order valence-corrected chi connectivity index (χ3v) is 14.7. The molecular weight excluding hydrogens is 654 g/mol. The molecule has 0 fully saturated rings. The molecule has 2 atom stereocenters. The van der Waals surface area contributed by atoms with Crippen LogP contribution < -0.4 is 9.34 Å². The first-order chi connectivity index (χ1) is 24.6. The van der Waals surface area contributed by atoms with Gasteiger partial charge in [0.1, 0.15) is 0 Å². The smallest absolute Gasteiger partial charge is 0.277 e. The molecule has 0 spiro atoms. The van der Waals surface area contributed by atoms with E-state index in [9.17, 15) is 0 Å². The summed E-state index contributed by atoms with van der Waals surface area (Å²) in [6, 6.07) is 63.0. The van der Waals surface area contributed by atoms with Gasteiger partial charge >= 0.3 is 0 Å². The Morgan fingerprint density at radius 1 is 0.480 bits per heavy atom. The zero-order chi connectivity index (χ0) is 33.9. The topological polar surface area (TPSA) is 53.3 Å². The van der Waals surface area contributed by atoms with Crippen molar-refractivity contribution in [2.45, 2.75) is 0 Å². The quantitative estimate of drug-likeness (QED) is 0.141. The predicted molar refractivity (Wildman–Crippen MR) is 210 cm³/mol. The maximum absolute atomic E-state index is 5.86.